The Kier molecular flexibility index (Phi) is 14.8. The van der Waals surface area contributed by atoms with Gasteiger partial charge in [0.2, 0.25) is 5.90 Å². The van der Waals surface area contributed by atoms with Crippen LogP contribution in [0.4, 0.5) is 0 Å². The molecule has 0 spiro atoms. The Morgan fingerprint density at radius 1 is 1.04 bits per heavy atom. The van der Waals surface area contributed by atoms with Crippen molar-refractivity contribution in [1.29, 1.82) is 5.41 Å². The average Bonchev–Trinajstić information content (AvgIpc) is 2.58. The fourth-order valence-corrected chi connectivity index (χ4v) is 2.62. The molecule has 0 radical (unpaired) electrons. The zero-order valence-electron chi connectivity index (χ0n) is 16.7. The number of unbranched alkanes of at least 4 members (excludes halogenated alkanes) is 4. The van der Waals surface area contributed by atoms with Crippen molar-refractivity contribution in [3.05, 3.63) is 11.6 Å². The van der Waals surface area contributed by atoms with Crippen molar-refractivity contribution in [3.8, 4) is 0 Å². The number of hydrogen-bond donors (Lipinski definition) is 2. The second kappa shape index (κ2) is 15.9. The zero-order chi connectivity index (χ0) is 18.9. The summed E-state index contributed by atoms with van der Waals surface area (Å²) in [5, 5.41) is 15.4. The van der Waals surface area contributed by atoms with Crippen LogP contribution in [0.3, 0.4) is 0 Å². The van der Waals surface area contributed by atoms with Crippen LogP contribution in [0, 0.1) is 11.3 Å². The highest BCUT2D eigenvalue weighted by atomic mass is 16.5. The lowest BCUT2D eigenvalue weighted by Crippen LogP contribution is -2.12. The Balaban J connectivity index is 4.60. The lowest BCUT2D eigenvalue weighted by molar-refractivity contribution is 0.262. The number of ether oxygens (including phenoxy) is 1. The number of hydrogen-bond acceptors (Lipinski definition) is 4. The van der Waals surface area contributed by atoms with Gasteiger partial charge in [0.15, 0.2) is 0 Å². The van der Waals surface area contributed by atoms with E-state index in [2.05, 4.69) is 31.0 Å². The summed E-state index contributed by atoms with van der Waals surface area (Å²) in [7, 11) is 0. The minimum atomic E-state index is 0.441. The molecule has 0 amide bonds. The van der Waals surface area contributed by atoms with Gasteiger partial charge in [0, 0.05) is 12.6 Å². The van der Waals surface area contributed by atoms with Gasteiger partial charge < -0.3 is 15.9 Å². The summed E-state index contributed by atoms with van der Waals surface area (Å²) in [6.45, 7) is 8.84. The van der Waals surface area contributed by atoms with E-state index < -0.39 is 0 Å². The molecule has 0 aromatic carbocycles. The molecular weight excluding hydrogens is 312 g/mol. The summed E-state index contributed by atoms with van der Waals surface area (Å²) >= 11 is 0. The molecule has 0 saturated heterocycles. The summed E-state index contributed by atoms with van der Waals surface area (Å²) in [4.78, 5) is 0. The van der Waals surface area contributed by atoms with Crippen LogP contribution >= 0.6 is 0 Å². The van der Waals surface area contributed by atoms with Gasteiger partial charge in [-0.25, -0.2) is 0 Å². The van der Waals surface area contributed by atoms with Crippen LogP contribution < -0.4 is 5.73 Å². The van der Waals surface area contributed by atoms with Crippen LogP contribution in [0.15, 0.2) is 21.9 Å². The molecule has 0 heterocycles. The van der Waals surface area contributed by atoms with Crippen molar-refractivity contribution in [2.24, 2.45) is 21.9 Å². The third-order valence-corrected chi connectivity index (χ3v) is 4.19. The molecule has 0 aliphatic carbocycles. The Bertz CT molecular complexity index is 437. The van der Waals surface area contributed by atoms with E-state index in [1.54, 1.807) is 6.92 Å². The number of nitrogens with zero attached hydrogens (tertiary/aromatic N) is 2. The molecule has 3 N–H and O–H groups in total. The van der Waals surface area contributed by atoms with Crippen LogP contribution in [0.25, 0.3) is 0 Å². The maximum atomic E-state index is 7.31. The molecule has 0 aliphatic rings. The van der Waals surface area contributed by atoms with Crippen molar-refractivity contribution < 1.29 is 4.74 Å². The summed E-state index contributed by atoms with van der Waals surface area (Å²) in [5.74, 6) is 1.58. The van der Waals surface area contributed by atoms with Crippen LogP contribution in [-0.2, 0) is 4.74 Å². The molecule has 5 heteroatoms. The number of nitrogens with one attached hydrogen (secondary N) is 1. The highest BCUT2D eigenvalue weighted by Crippen LogP contribution is 2.22. The van der Waals surface area contributed by atoms with Crippen molar-refractivity contribution in [2.45, 2.75) is 85.5 Å². The van der Waals surface area contributed by atoms with E-state index in [1.165, 1.54) is 37.5 Å². The number of nitrogens with two attached hydrogens (primary N) is 1. The van der Waals surface area contributed by atoms with Gasteiger partial charge in [-0.3, -0.25) is 0 Å². The third-order valence-electron chi connectivity index (χ3n) is 4.19. The lowest BCUT2D eigenvalue weighted by atomic mass is 9.91. The van der Waals surface area contributed by atoms with Gasteiger partial charge in [0.25, 0.3) is 0 Å². The summed E-state index contributed by atoms with van der Waals surface area (Å²) in [6, 6.07) is 0. The monoisotopic (exact) mass is 350 g/mol. The first-order chi connectivity index (χ1) is 12.0. The van der Waals surface area contributed by atoms with Crippen LogP contribution in [-0.4, -0.2) is 24.6 Å². The summed E-state index contributed by atoms with van der Waals surface area (Å²) in [5.41, 5.74) is 6.82. The Morgan fingerprint density at radius 2 is 1.76 bits per heavy atom. The Hall–Kier alpha value is -1.65. The smallest absolute Gasteiger partial charge is 0.208 e. The summed E-state index contributed by atoms with van der Waals surface area (Å²) < 4.78 is 5.88. The molecule has 1 unspecified atom stereocenters. The molecule has 25 heavy (non-hydrogen) atoms. The van der Waals surface area contributed by atoms with Crippen molar-refractivity contribution in [1.82, 2.24) is 0 Å². The van der Waals surface area contributed by atoms with E-state index >= 15 is 0 Å². The molecular formula is C20H38N4O. The molecule has 0 rings (SSSR count). The quantitative estimate of drug-likeness (QED) is 0.189. The molecule has 0 aromatic heterocycles. The molecule has 0 aliphatic heterocycles. The van der Waals surface area contributed by atoms with E-state index in [4.69, 9.17) is 15.9 Å². The van der Waals surface area contributed by atoms with E-state index in [0.717, 1.165) is 32.1 Å². The third kappa shape index (κ3) is 13.3. The number of rotatable bonds is 14. The first-order valence-electron chi connectivity index (χ1n) is 9.71. The van der Waals surface area contributed by atoms with Crippen LogP contribution in [0.5, 0.6) is 0 Å². The van der Waals surface area contributed by atoms with E-state index in [0.29, 0.717) is 24.3 Å². The molecule has 0 aromatic rings. The maximum Gasteiger partial charge on any atom is 0.208 e. The first kappa shape index (κ1) is 23.4. The minimum Gasteiger partial charge on any atom is -0.480 e. The fourth-order valence-electron chi connectivity index (χ4n) is 2.62. The molecule has 0 saturated carbocycles. The maximum absolute atomic E-state index is 7.31. The van der Waals surface area contributed by atoms with Gasteiger partial charge in [-0.1, -0.05) is 51.5 Å². The molecule has 0 fully saturated rings. The highest BCUT2D eigenvalue weighted by molar-refractivity contribution is 5.80. The van der Waals surface area contributed by atoms with Gasteiger partial charge in [0.1, 0.15) is 5.84 Å². The average molecular weight is 351 g/mol. The van der Waals surface area contributed by atoms with E-state index in [9.17, 15) is 0 Å². The zero-order valence-corrected chi connectivity index (χ0v) is 16.7. The SMILES string of the molecule is CCCCCCC(CCO/C(CCCC)=N/N=C(\C)N)/C(C)=C/C=N. The Morgan fingerprint density at radius 3 is 2.36 bits per heavy atom. The van der Waals surface area contributed by atoms with Crippen LogP contribution in [0.2, 0.25) is 0 Å². The van der Waals surface area contributed by atoms with Gasteiger partial charge in [0.05, 0.1) is 6.61 Å². The molecule has 0 bridgehead atoms. The van der Waals surface area contributed by atoms with E-state index in [1.807, 2.05) is 6.08 Å². The highest BCUT2D eigenvalue weighted by Gasteiger charge is 2.12. The minimum absolute atomic E-state index is 0.441. The van der Waals surface area contributed by atoms with E-state index in [-0.39, 0.29) is 0 Å². The first-order valence-corrected chi connectivity index (χ1v) is 9.71. The number of allylic oxidation sites excluding steroid dienone is 2. The van der Waals surface area contributed by atoms with Crippen molar-refractivity contribution in [2.75, 3.05) is 6.61 Å². The lowest BCUT2D eigenvalue weighted by Gasteiger charge is -2.18. The molecule has 1 atom stereocenters. The topological polar surface area (TPSA) is 83.8 Å². The number of amidine groups is 1. The van der Waals surface area contributed by atoms with Gasteiger partial charge in [-0.2, -0.15) is 0 Å². The molecule has 5 nitrogen and oxygen atoms in total. The second-order valence-electron chi connectivity index (χ2n) is 6.60. The predicted molar refractivity (Wildman–Crippen MR) is 110 cm³/mol. The molecule has 144 valence electrons. The largest absolute Gasteiger partial charge is 0.480 e. The van der Waals surface area contributed by atoms with Gasteiger partial charge >= 0.3 is 0 Å². The fraction of sp³-hybridized carbons (Fsp3) is 0.750. The Labute approximate surface area is 154 Å². The van der Waals surface area contributed by atoms with Gasteiger partial charge in [-0.15, -0.1) is 10.2 Å². The van der Waals surface area contributed by atoms with Crippen molar-refractivity contribution in [3.63, 3.8) is 0 Å². The standard InChI is InChI=1S/C20H38N4O/c1-5-7-9-10-11-19(17(3)13-15-21)14-16-25-20(12-8-6-2)24-23-18(4)22/h13,15,19,21H,5-12,14,16H2,1-4H3,(H2,22,23)/b17-13+,21-15?,24-20+. The predicted octanol–water partition coefficient (Wildman–Crippen LogP) is 5.46. The van der Waals surface area contributed by atoms with Crippen molar-refractivity contribution >= 4 is 17.9 Å². The summed E-state index contributed by atoms with van der Waals surface area (Å²) in [6.07, 6.45) is 13.3. The second-order valence-corrected chi connectivity index (χ2v) is 6.60. The van der Waals surface area contributed by atoms with Gasteiger partial charge in [-0.05, 0) is 45.1 Å². The normalized spacial score (nSPS) is 14.5. The van der Waals surface area contributed by atoms with Crippen LogP contribution in [0.1, 0.15) is 85.5 Å².